The number of unbranched alkanes of at least 4 members (excludes halogenated alkanes) is 4. The highest BCUT2D eigenvalue weighted by Crippen LogP contribution is 2.01. The van der Waals surface area contributed by atoms with Crippen molar-refractivity contribution < 1.29 is 0 Å². The summed E-state index contributed by atoms with van der Waals surface area (Å²) in [4.78, 5) is 0. The van der Waals surface area contributed by atoms with Crippen molar-refractivity contribution in [1.29, 1.82) is 0 Å². The minimum Gasteiger partial charge on any atom is -0.314 e. The molecule has 84 valence electrons. The van der Waals surface area contributed by atoms with Crippen molar-refractivity contribution in [3.05, 3.63) is 0 Å². The van der Waals surface area contributed by atoms with E-state index in [1.165, 1.54) is 32.1 Å². The van der Waals surface area contributed by atoms with Gasteiger partial charge in [0.05, 0.1) is 0 Å². The first-order valence-corrected chi connectivity index (χ1v) is 6.12. The second-order valence-corrected chi connectivity index (χ2v) is 4.06. The molecule has 3 nitrogen and oxygen atoms in total. The third-order valence-electron chi connectivity index (χ3n) is 2.73. The number of piperazine rings is 1. The average Bonchev–Trinajstić information content (AvgIpc) is 2.25. The fourth-order valence-electron chi connectivity index (χ4n) is 1.79. The maximum absolute atomic E-state index is 3.49. The molecule has 1 rings (SSSR count). The summed E-state index contributed by atoms with van der Waals surface area (Å²) in [7, 11) is 0. The number of nitrogens with one attached hydrogen (secondary N) is 2. The molecule has 0 spiro atoms. The SMILES string of the molecule is CCCCCCCNN1CCNCC1. The van der Waals surface area contributed by atoms with Crippen LogP contribution in [0.15, 0.2) is 0 Å². The predicted octanol–water partition coefficient (Wildman–Crippen LogP) is 1.37. The Morgan fingerprint density at radius 3 is 2.50 bits per heavy atom. The molecule has 0 amide bonds. The molecule has 0 aromatic rings. The van der Waals surface area contributed by atoms with E-state index in [1.54, 1.807) is 0 Å². The summed E-state index contributed by atoms with van der Waals surface area (Å²) < 4.78 is 0. The zero-order valence-corrected chi connectivity index (χ0v) is 9.52. The van der Waals surface area contributed by atoms with Crippen LogP contribution in [0.3, 0.4) is 0 Å². The maximum Gasteiger partial charge on any atom is 0.0256 e. The van der Waals surface area contributed by atoms with Crippen molar-refractivity contribution in [1.82, 2.24) is 15.8 Å². The lowest BCUT2D eigenvalue weighted by Crippen LogP contribution is -2.50. The van der Waals surface area contributed by atoms with E-state index in [0.29, 0.717) is 0 Å². The molecule has 0 aliphatic carbocycles. The average molecular weight is 199 g/mol. The Hall–Kier alpha value is -0.120. The number of hydrogen-bond acceptors (Lipinski definition) is 3. The molecular weight excluding hydrogens is 174 g/mol. The molecule has 1 aliphatic rings. The summed E-state index contributed by atoms with van der Waals surface area (Å²) in [5.74, 6) is 0. The topological polar surface area (TPSA) is 27.3 Å². The molecule has 0 aromatic heterocycles. The minimum atomic E-state index is 1.13. The number of rotatable bonds is 7. The third kappa shape index (κ3) is 5.58. The number of hydrogen-bond donors (Lipinski definition) is 2. The standard InChI is InChI=1S/C11H25N3/c1-2-3-4-5-6-7-13-14-10-8-12-9-11-14/h12-13H,2-11H2,1H3. The van der Waals surface area contributed by atoms with Gasteiger partial charge in [-0.05, 0) is 6.42 Å². The fourth-order valence-corrected chi connectivity index (χ4v) is 1.79. The predicted molar refractivity (Wildman–Crippen MR) is 61.2 cm³/mol. The lowest BCUT2D eigenvalue weighted by Gasteiger charge is -2.27. The van der Waals surface area contributed by atoms with Gasteiger partial charge in [-0.2, -0.15) is 0 Å². The fraction of sp³-hybridized carbons (Fsp3) is 1.00. The van der Waals surface area contributed by atoms with Gasteiger partial charge < -0.3 is 5.32 Å². The second kappa shape index (κ2) is 8.21. The van der Waals surface area contributed by atoms with Gasteiger partial charge in [-0.3, -0.25) is 5.43 Å². The van der Waals surface area contributed by atoms with Crippen LogP contribution in [0, 0.1) is 0 Å². The summed E-state index contributed by atoms with van der Waals surface area (Å²) in [5.41, 5.74) is 3.49. The van der Waals surface area contributed by atoms with Crippen LogP contribution in [-0.2, 0) is 0 Å². The van der Waals surface area contributed by atoms with Crippen molar-refractivity contribution in [3.8, 4) is 0 Å². The molecule has 0 saturated carbocycles. The molecule has 0 atom stereocenters. The summed E-state index contributed by atoms with van der Waals surface area (Å²) in [6.07, 6.45) is 6.84. The van der Waals surface area contributed by atoms with Crippen molar-refractivity contribution in [3.63, 3.8) is 0 Å². The van der Waals surface area contributed by atoms with Crippen LogP contribution in [0.4, 0.5) is 0 Å². The normalized spacial score (nSPS) is 18.6. The number of hydrazine groups is 1. The van der Waals surface area contributed by atoms with E-state index in [0.717, 1.165) is 32.7 Å². The van der Waals surface area contributed by atoms with Crippen LogP contribution in [0.25, 0.3) is 0 Å². The van der Waals surface area contributed by atoms with Gasteiger partial charge in [0.1, 0.15) is 0 Å². The quantitative estimate of drug-likeness (QED) is 0.606. The van der Waals surface area contributed by atoms with Crippen LogP contribution < -0.4 is 10.7 Å². The first-order valence-electron chi connectivity index (χ1n) is 6.12. The van der Waals surface area contributed by atoms with E-state index < -0.39 is 0 Å². The van der Waals surface area contributed by atoms with Crippen molar-refractivity contribution >= 4 is 0 Å². The molecule has 1 heterocycles. The highest BCUT2D eigenvalue weighted by Gasteiger charge is 2.07. The van der Waals surface area contributed by atoms with Crippen molar-refractivity contribution in [2.24, 2.45) is 0 Å². The molecule has 1 fully saturated rings. The smallest absolute Gasteiger partial charge is 0.0256 e. The van der Waals surface area contributed by atoms with Gasteiger partial charge in [0, 0.05) is 32.7 Å². The van der Waals surface area contributed by atoms with E-state index in [9.17, 15) is 0 Å². The number of nitrogens with zero attached hydrogens (tertiary/aromatic N) is 1. The molecule has 0 radical (unpaired) electrons. The van der Waals surface area contributed by atoms with E-state index in [1.807, 2.05) is 0 Å². The monoisotopic (exact) mass is 199 g/mol. The second-order valence-electron chi connectivity index (χ2n) is 4.06. The van der Waals surface area contributed by atoms with Crippen LogP contribution in [0.5, 0.6) is 0 Å². The minimum absolute atomic E-state index is 1.13. The highest BCUT2D eigenvalue weighted by atomic mass is 15.5. The van der Waals surface area contributed by atoms with E-state index in [2.05, 4.69) is 22.7 Å². The zero-order chi connectivity index (χ0) is 10.1. The van der Waals surface area contributed by atoms with Gasteiger partial charge in [-0.15, -0.1) is 0 Å². The van der Waals surface area contributed by atoms with Gasteiger partial charge in [-0.25, -0.2) is 5.01 Å². The summed E-state index contributed by atoms with van der Waals surface area (Å²) in [5, 5.41) is 5.69. The lowest BCUT2D eigenvalue weighted by molar-refractivity contribution is 0.163. The van der Waals surface area contributed by atoms with E-state index >= 15 is 0 Å². The summed E-state index contributed by atoms with van der Waals surface area (Å²) in [6, 6.07) is 0. The Bertz CT molecular complexity index is 122. The van der Waals surface area contributed by atoms with Gasteiger partial charge in [0.15, 0.2) is 0 Å². The first kappa shape index (κ1) is 12.0. The molecule has 14 heavy (non-hydrogen) atoms. The Labute approximate surface area is 88.2 Å². The zero-order valence-electron chi connectivity index (χ0n) is 9.52. The highest BCUT2D eigenvalue weighted by molar-refractivity contribution is 4.63. The third-order valence-corrected chi connectivity index (χ3v) is 2.73. The van der Waals surface area contributed by atoms with Crippen molar-refractivity contribution in [2.45, 2.75) is 39.0 Å². The maximum atomic E-state index is 3.49. The van der Waals surface area contributed by atoms with Crippen LogP contribution >= 0.6 is 0 Å². The molecule has 0 unspecified atom stereocenters. The molecular formula is C11H25N3. The lowest BCUT2D eigenvalue weighted by atomic mass is 10.2. The van der Waals surface area contributed by atoms with Gasteiger partial charge in [0.25, 0.3) is 0 Å². The van der Waals surface area contributed by atoms with Crippen LogP contribution in [-0.4, -0.2) is 37.7 Å². The molecule has 0 bridgehead atoms. The Morgan fingerprint density at radius 2 is 1.79 bits per heavy atom. The van der Waals surface area contributed by atoms with Gasteiger partial charge >= 0.3 is 0 Å². The Morgan fingerprint density at radius 1 is 1.07 bits per heavy atom. The molecule has 0 aromatic carbocycles. The Kier molecular flexibility index (Phi) is 7.01. The van der Waals surface area contributed by atoms with Gasteiger partial charge in [-0.1, -0.05) is 32.6 Å². The van der Waals surface area contributed by atoms with Crippen molar-refractivity contribution in [2.75, 3.05) is 32.7 Å². The summed E-state index contributed by atoms with van der Waals surface area (Å²) >= 11 is 0. The van der Waals surface area contributed by atoms with Gasteiger partial charge in [0.2, 0.25) is 0 Å². The molecule has 1 saturated heterocycles. The molecule has 2 N–H and O–H groups in total. The molecule has 3 heteroatoms. The first-order chi connectivity index (χ1) is 6.93. The molecule has 1 aliphatic heterocycles. The van der Waals surface area contributed by atoms with Crippen LogP contribution in [0.2, 0.25) is 0 Å². The largest absolute Gasteiger partial charge is 0.314 e. The van der Waals surface area contributed by atoms with E-state index in [-0.39, 0.29) is 0 Å². The van der Waals surface area contributed by atoms with Crippen LogP contribution in [0.1, 0.15) is 39.0 Å². The van der Waals surface area contributed by atoms with E-state index in [4.69, 9.17) is 0 Å². The summed E-state index contributed by atoms with van der Waals surface area (Å²) in [6.45, 7) is 7.97. The Balaban J connectivity index is 1.82.